The molecule has 0 radical (unpaired) electrons. The van der Waals surface area contributed by atoms with E-state index in [0.29, 0.717) is 5.92 Å². The Bertz CT molecular complexity index is 430. The number of aromatic hydroxyl groups is 1. The minimum atomic E-state index is -0.0833. The predicted molar refractivity (Wildman–Crippen MR) is 70.2 cm³/mol. The van der Waals surface area contributed by atoms with Crippen molar-refractivity contribution in [3.63, 3.8) is 0 Å². The van der Waals surface area contributed by atoms with Crippen LogP contribution in [0.15, 0.2) is 24.3 Å². The Morgan fingerprint density at radius 3 is 2.72 bits per heavy atom. The third-order valence-corrected chi connectivity index (χ3v) is 3.66. The van der Waals surface area contributed by atoms with Crippen LogP contribution in [0.1, 0.15) is 25.5 Å². The van der Waals surface area contributed by atoms with E-state index < -0.39 is 0 Å². The van der Waals surface area contributed by atoms with Crippen LogP contribution in [-0.2, 0) is 4.79 Å². The average Bonchev–Trinajstić information content (AvgIpc) is 2.26. The van der Waals surface area contributed by atoms with Gasteiger partial charge in [-0.05, 0) is 43.6 Å². The summed E-state index contributed by atoms with van der Waals surface area (Å²) in [6.07, 6.45) is 0. The molecule has 18 heavy (non-hydrogen) atoms. The molecule has 1 aromatic carbocycles. The third-order valence-electron chi connectivity index (χ3n) is 3.66. The van der Waals surface area contributed by atoms with Gasteiger partial charge in [-0.25, -0.2) is 0 Å². The van der Waals surface area contributed by atoms with Crippen LogP contribution >= 0.6 is 0 Å². The zero-order valence-electron chi connectivity index (χ0n) is 10.8. The number of hydrogen-bond acceptors (Lipinski definition) is 3. The zero-order valence-corrected chi connectivity index (χ0v) is 10.8. The van der Waals surface area contributed by atoms with Gasteiger partial charge in [-0.2, -0.15) is 0 Å². The lowest BCUT2D eigenvalue weighted by Gasteiger charge is -2.32. The first-order chi connectivity index (χ1) is 8.58. The summed E-state index contributed by atoms with van der Waals surface area (Å²) < 4.78 is 0. The van der Waals surface area contributed by atoms with E-state index in [0.717, 1.165) is 18.7 Å². The highest BCUT2D eigenvalue weighted by molar-refractivity contribution is 5.79. The Morgan fingerprint density at radius 1 is 1.44 bits per heavy atom. The molecule has 1 fully saturated rings. The number of carbonyl (C=O) groups excluding carboxylic acids is 1. The fourth-order valence-corrected chi connectivity index (χ4v) is 2.10. The van der Waals surface area contributed by atoms with E-state index in [4.69, 9.17) is 0 Å². The highest BCUT2D eigenvalue weighted by Crippen LogP contribution is 2.20. The van der Waals surface area contributed by atoms with E-state index in [9.17, 15) is 9.90 Å². The number of phenols is 1. The van der Waals surface area contributed by atoms with Crippen molar-refractivity contribution < 1.29 is 9.90 Å². The van der Waals surface area contributed by atoms with Gasteiger partial charge in [-0.1, -0.05) is 19.1 Å². The molecule has 2 atom stereocenters. The molecule has 2 rings (SSSR count). The normalized spacial score (nSPS) is 18.8. The predicted octanol–water partition coefficient (Wildman–Crippen LogP) is 1.42. The minimum absolute atomic E-state index is 0.0333. The maximum absolute atomic E-state index is 12.0. The van der Waals surface area contributed by atoms with Crippen molar-refractivity contribution in [2.45, 2.75) is 19.9 Å². The van der Waals surface area contributed by atoms with Gasteiger partial charge in [0.15, 0.2) is 0 Å². The van der Waals surface area contributed by atoms with Gasteiger partial charge in [0.2, 0.25) is 5.91 Å². The van der Waals surface area contributed by atoms with E-state index in [1.165, 1.54) is 0 Å². The van der Waals surface area contributed by atoms with Gasteiger partial charge in [0, 0.05) is 5.92 Å². The summed E-state index contributed by atoms with van der Waals surface area (Å²) in [4.78, 5) is 12.0. The van der Waals surface area contributed by atoms with Crippen molar-refractivity contribution in [2.75, 3.05) is 13.1 Å². The summed E-state index contributed by atoms with van der Waals surface area (Å²) in [5.74, 6) is 0.787. The highest BCUT2D eigenvalue weighted by atomic mass is 16.3. The number of benzene rings is 1. The summed E-state index contributed by atoms with van der Waals surface area (Å²) in [5, 5.41) is 15.6. The molecule has 2 unspecified atom stereocenters. The number of rotatable bonds is 4. The maximum Gasteiger partial charge on any atom is 0.223 e. The SMILES string of the molecule is CC(NC(=O)C(C)C1CNC1)c1cccc(O)c1. The second kappa shape index (κ2) is 5.40. The molecule has 0 aromatic heterocycles. The topological polar surface area (TPSA) is 61.4 Å². The quantitative estimate of drug-likeness (QED) is 0.755. The first-order valence-corrected chi connectivity index (χ1v) is 6.38. The van der Waals surface area contributed by atoms with Crippen LogP contribution in [0.5, 0.6) is 5.75 Å². The number of nitrogens with one attached hydrogen (secondary N) is 2. The van der Waals surface area contributed by atoms with Crippen molar-refractivity contribution in [2.24, 2.45) is 11.8 Å². The first kappa shape index (κ1) is 12.9. The summed E-state index contributed by atoms with van der Waals surface area (Å²) in [5.41, 5.74) is 0.919. The number of amides is 1. The van der Waals surface area contributed by atoms with Crippen molar-refractivity contribution in [1.82, 2.24) is 10.6 Å². The molecular formula is C14H20N2O2. The summed E-state index contributed by atoms with van der Waals surface area (Å²) in [7, 11) is 0. The molecule has 0 aliphatic carbocycles. The van der Waals surface area contributed by atoms with Gasteiger partial charge in [-0.3, -0.25) is 4.79 Å². The zero-order chi connectivity index (χ0) is 13.1. The van der Waals surface area contributed by atoms with Crippen LogP contribution < -0.4 is 10.6 Å². The number of carbonyl (C=O) groups is 1. The molecule has 0 spiro atoms. The molecule has 1 saturated heterocycles. The van der Waals surface area contributed by atoms with Gasteiger partial charge >= 0.3 is 0 Å². The van der Waals surface area contributed by atoms with Crippen LogP contribution in [0, 0.1) is 11.8 Å². The van der Waals surface area contributed by atoms with Gasteiger partial charge < -0.3 is 15.7 Å². The molecular weight excluding hydrogens is 228 g/mol. The lowest BCUT2D eigenvalue weighted by molar-refractivity contribution is -0.127. The number of hydrogen-bond donors (Lipinski definition) is 3. The molecule has 1 heterocycles. The fraction of sp³-hybridized carbons (Fsp3) is 0.500. The second-order valence-corrected chi connectivity index (χ2v) is 5.03. The van der Waals surface area contributed by atoms with Crippen LogP contribution in [0.3, 0.4) is 0 Å². The van der Waals surface area contributed by atoms with Crippen molar-refractivity contribution >= 4 is 5.91 Å². The maximum atomic E-state index is 12.0. The Kier molecular flexibility index (Phi) is 3.87. The fourth-order valence-electron chi connectivity index (χ4n) is 2.10. The van der Waals surface area contributed by atoms with E-state index >= 15 is 0 Å². The Labute approximate surface area is 107 Å². The van der Waals surface area contributed by atoms with Gasteiger partial charge in [0.1, 0.15) is 5.75 Å². The Morgan fingerprint density at radius 2 is 2.17 bits per heavy atom. The number of phenolic OH excluding ortho intramolecular Hbond substituents is 1. The third kappa shape index (κ3) is 2.82. The Hall–Kier alpha value is -1.55. The van der Waals surface area contributed by atoms with Gasteiger partial charge in [0.05, 0.1) is 6.04 Å². The molecule has 1 aliphatic rings. The summed E-state index contributed by atoms with van der Waals surface area (Å²) >= 11 is 0. The Balaban J connectivity index is 1.94. The lowest BCUT2D eigenvalue weighted by Crippen LogP contribution is -2.49. The smallest absolute Gasteiger partial charge is 0.223 e. The lowest BCUT2D eigenvalue weighted by atomic mass is 9.88. The van der Waals surface area contributed by atoms with Crippen LogP contribution in [0.2, 0.25) is 0 Å². The molecule has 4 heteroatoms. The molecule has 1 aromatic rings. The summed E-state index contributed by atoms with van der Waals surface area (Å²) in [6, 6.07) is 6.91. The van der Waals surface area contributed by atoms with E-state index in [1.54, 1.807) is 18.2 Å². The first-order valence-electron chi connectivity index (χ1n) is 6.38. The highest BCUT2D eigenvalue weighted by Gasteiger charge is 2.29. The molecule has 1 amide bonds. The van der Waals surface area contributed by atoms with E-state index in [1.807, 2.05) is 19.9 Å². The van der Waals surface area contributed by atoms with Gasteiger partial charge in [-0.15, -0.1) is 0 Å². The standard InChI is InChI=1S/C14H20N2O2/c1-9(12-7-15-8-12)14(18)16-10(2)11-4-3-5-13(17)6-11/h3-6,9-10,12,15,17H,7-8H2,1-2H3,(H,16,18). The largest absolute Gasteiger partial charge is 0.508 e. The van der Waals surface area contributed by atoms with Crippen LogP contribution in [0.4, 0.5) is 0 Å². The van der Waals surface area contributed by atoms with Crippen molar-refractivity contribution in [3.05, 3.63) is 29.8 Å². The molecule has 4 nitrogen and oxygen atoms in total. The van der Waals surface area contributed by atoms with E-state index in [2.05, 4.69) is 10.6 Å². The van der Waals surface area contributed by atoms with Crippen LogP contribution in [-0.4, -0.2) is 24.1 Å². The summed E-state index contributed by atoms with van der Waals surface area (Å²) in [6.45, 7) is 5.75. The molecule has 98 valence electrons. The van der Waals surface area contributed by atoms with E-state index in [-0.39, 0.29) is 23.6 Å². The molecule has 1 aliphatic heterocycles. The molecule has 0 bridgehead atoms. The van der Waals surface area contributed by atoms with Gasteiger partial charge in [0.25, 0.3) is 0 Å². The average molecular weight is 248 g/mol. The van der Waals surface area contributed by atoms with Crippen molar-refractivity contribution in [1.29, 1.82) is 0 Å². The van der Waals surface area contributed by atoms with Crippen LogP contribution in [0.25, 0.3) is 0 Å². The molecule has 0 saturated carbocycles. The monoisotopic (exact) mass is 248 g/mol. The molecule has 3 N–H and O–H groups in total. The van der Waals surface area contributed by atoms with Crippen molar-refractivity contribution in [3.8, 4) is 5.75 Å². The second-order valence-electron chi connectivity index (χ2n) is 5.03. The minimum Gasteiger partial charge on any atom is -0.508 e.